The first-order chi connectivity index (χ1) is 13.3. The van der Waals surface area contributed by atoms with Gasteiger partial charge in [0.05, 0.1) is 44.1 Å². The van der Waals surface area contributed by atoms with E-state index in [0.29, 0.717) is 50.8 Å². The molecular weight excluding hydrogens is 362 g/mol. The number of carbonyl (C=O) groups excluding carboxylic acids is 1. The summed E-state index contributed by atoms with van der Waals surface area (Å²) in [5.74, 6) is 1.37. The van der Waals surface area contributed by atoms with Crippen molar-refractivity contribution < 1.29 is 28.8 Å². The van der Waals surface area contributed by atoms with Crippen molar-refractivity contribution >= 4 is 6.09 Å². The molecule has 2 fully saturated rings. The second-order valence-electron chi connectivity index (χ2n) is 8.88. The molecule has 2 saturated heterocycles. The Labute approximate surface area is 165 Å². The van der Waals surface area contributed by atoms with E-state index < -0.39 is 11.2 Å². The molecule has 1 amide bonds. The summed E-state index contributed by atoms with van der Waals surface area (Å²) in [6.07, 6.45) is 1.28. The molecule has 1 aromatic carbocycles. The van der Waals surface area contributed by atoms with Crippen molar-refractivity contribution in [3.63, 3.8) is 0 Å². The molecule has 0 aliphatic carbocycles. The molecule has 28 heavy (non-hydrogen) atoms. The molecule has 0 radical (unpaired) electrons. The standard InChI is InChI=1S/C21H29NO6/c1-20(2,3)28-19(23)22-15-10-21(24,11-16(22)13-25-12-15)14-5-6-17-18(9-14)27-8-4-7-26-17/h5-6,9,15-16,24H,4,7-8,10-13H2,1-3H3. The number of aliphatic hydroxyl groups is 1. The smallest absolute Gasteiger partial charge is 0.410 e. The Balaban J connectivity index is 1.58. The third kappa shape index (κ3) is 3.78. The minimum atomic E-state index is -1.05. The number of fused-ring (bicyclic) bond motifs is 3. The zero-order valence-electron chi connectivity index (χ0n) is 16.8. The Morgan fingerprint density at radius 1 is 1.14 bits per heavy atom. The highest BCUT2D eigenvalue weighted by Crippen LogP contribution is 2.44. The van der Waals surface area contributed by atoms with Crippen molar-refractivity contribution in [2.24, 2.45) is 0 Å². The van der Waals surface area contributed by atoms with Crippen molar-refractivity contribution in [2.45, 2.75) is 63.3 Å². The van der Waals surface area contributed by atoms with Crippen LogP contribution in [-0.4, -0.2) is 60.2 Å². The summed E-state index contributed by atoms with van der Waals surface area (Å²) < 4.78 is 22.8. The largest absolute Gasteiger partial charge is 0.490 e. The first-order valence-electron chi connectivity index (χ1n) is 9.97. The highest BCUT2D eigenvalue weighted by Gasteiger charge is 2.50. The summed E-state index contributed by atoms with van der Waals surface area (Å²) in [5.41, 5.74) is -0.825. The fraction of sp³-hybridized carbons (Fsp3) is 0.667. The van der Waals surface area contributed by atoms with Crippen LogP contribution in [0.5, 0.6) is 11.5 Å². The Morgan fingerprint density at radius 2 is 1.79 bits per heavy atom. The normalized spacial score (nSPS) is 29.8. The van der Waals surface area contributed by atoms with Gasteiger partial charge in [-0.15, -0.1) is 0 Å². The lowest BCUT2D eigenvalue weighted by molar-refractivity contribution is -0.141. The van der Waals surface area contributed by atoms with E-state index in [1.54, 1.807) is 4.90 Å². The SMILES string of the molecule is CC(C)(C)OC(=O)N1C2COCC1CC(O)(c1ccc3c(c1)OCCCO3)C2. The molecule has 3 aliphatic heterocycles. The highest BCUT2D eigenvalue weighted by molar-refractivity contribution is 5.69. The lowest BCUT2D eigenvalue weighted by atomic mass is 9.77. The third-order valence-corrected chi connectivity index (χ3v) is 5.44. The molecule has 2 atom stereocenters. The number of piperidine rings is 1. The molecule has 0 aromatic heterocycles. The summed E-state index contributed by atoms with van der Waals surface area (Å²) >= 11 is 0. The van der Waals surface area contributed by atoms with Gasteiger partial charge in [-0.25, -0.2) is 4.79 Å². The molecule has 7 nitrogen and oxygen atoms in total. The van der Waals surface area contributed by atoms with E-state index >= 15 is 0 Å². The lowest BCUT2D eigenvalue weighted by Gasteiger charge is -2.51. The number of hydrogen-bond donors (Lipinski definition) is 1. The van der Waals surface area contributed by atoms with Gasteiger partial charge in [-0.2, -0.15) is 0 Å². The predicted molar refractivity (Wildman–Crippen MR) is 102 cm³/mol. The maximum Gasteiger partial charge on any atom is 0.410 e. The van der Waals surface area contributed by atoms with E-state index in [1.165, 1.54) is 0 Å². The highest BCUT2D eigenvalue weighted by atomic mass is 16.6. The molecule has 3 aliphatic rings. The van der Waals surface area contributed by atoms with E-state index in [0.717, 1.165) is 12.0 Å². The van der Waals surface area contributed by atoms with Gasteiger partial charge in [-0.05, 0) is 38.5 Å². The third-order valence-electron chi connectivity index (χ3n) is 5.44. The average Bonchev–Trinajstić information content (AvgIpc) is 2.84. The average molecular weight is 391 g/mol. The number of rotatable bonds is 1. The van der Waals surface area contributed by atoms with Gasteiger partial charge in [0, 0.05) is 19.3 Å². The number of nitrogens with zero attached hydrogens (tertiary/aromatic N) is 1. The minimum absolute atomic E-state index is 0.233. The van der Waals surface area contributed by atoms with Crippen molar-refractivity contribution in [1.82, 2.24) is 4.90 Å². The molecule has 7 heteroatoms. The van der Waals surface area contributed by atoms with Crippen LogP contribution >= 0.6 is 0 Å². The molecule has 2 bridgehead atoms. The van der Waals surface area contributed by atoms with Crippen LogP contribution in [0.15, 0.2) is 18.2 Å². The topological polar surface area (TPSA) is 77.5 Å². The van der Waals surface area contributed by atoms with Gasteiger partial charge < -0.3 is 24.1 Å². The van der Waals surface area contributed by atoms with Crippen molar-refractivity contribution in [2.75, 3.05) is 26.4 Å². The molecule has 0 saturated carbocycles. The number of amides is 1. The van der Waals surface area contributed by atoms with Crippen molar-refractivity contribution in [1.29, 1.82) is 0 Å². The van der Waals surface area contributed by atoms with Crippen LogP contribution in [0.2, 0.25) is 0 Å². The van der Waals surface area contributed by atoms with E-state index in [-0.39, 0.29) is 18.2 Å². The Hall–Kier alpha value is -1.99. The van der Waals surface area contributed by atoms with Crippen LogP contribution in [-0.2, 0) is 15.1 Å². The zero-order chi connectivity index (χ0) is 19.9. The molecule has 3 heterocycles. The van der Waals surface area contributed by atoms with Gasteiger partial charge in [0.2, 0.25) is 0 Å². The van der Waals surface area contributed by atoms with Crippen LogP contribution in [0.25, 0.3) is 0 Å². The Morgan fingerprint density at radius 3 is 2.43 bits per heavy atom. The number of ether oxygens (including phenoxy) is 4. The van der Waals surface area contributed by atoms with E-state index in [2.05, 4.69) is 0 Å². The van der Waals surface area contributed by atoms with Gasteiger partial charge in [-0.3, -0.25) is 4.90 Å². The zero-order valence-corrected chi connectivity index (χ0v) is 16.8. The summed E-state index contributed by atoms with van der Waals surface area (Å²) in [7, 11) is 0. The second-order valence-corrected chi connectivity index (χ2v) is 8.88. The van der Waals surface area contributed by atoms with Crippen molar-refractivity contribution in [3.05, 3.63) is 23.8 Å². The number of carbonyl (C=O) groups is 1. The van der Waals surface area contributed by atoms with Crippen molar-refractivity contribution in [3.8, 4) is 11.5 Å². The monoisotopic (exact) mass is 391 g/mol. The molecule has 154 valence electrons. The molecule has 1 aromatic rings. The quantitative estimate of drug-likeness (QED) is 0.793. The lowest BCUT2D eigenvalue weighted by Crippen LogP contribution is -2.63. The Kier molecular flexibility index (Phi) is 4.91. The molecule has 1 N–H and O–H groups in total. The second kappa shape index (κ2) is 7.12. The molecular formula is C21H29NO6. The summed E-state index contributed by atoms with van der Waals surface area (Å²) in [4.78, 5) is 14.5. The van der Waals surface area contributed by atoms with E-state index in [1.807, 2.05) is 39.0 Å². The van der Waals surface area contributed by atoms with Crippen LogP contribution < -0.4 is 9.47 Å². The molecule has 0 spiro atoms. The maximum atomic E-state index is 12.7. The fourth-order valence-electron chi connectivity index (χ4n) is 4.28. The van der Waals surface area contributed by atoms with Crippen LogP contribution in [0.1, 0.15) is 45.6 Å². The van der Waals surface area contributed by atoms with Gasteiger partial charge in [0.15, 0.2) is 11.5 Å². The number of morpholine rings is 1. The van der Waals surface area contributed by atoms with Crippen LogP contribution in [0, 0.1) is 0 Å². The van der Waals surface area contributed by atoms with E-state index in [9.17, 15) is 9.90 Å². The first-order valence-corrected chi connectivity index (χ1v) is 9.97. The van der Waals surface area contributed by atoms with Gasteiger partial charge in [0.25, 0.3) is 0 Å². The number of benzene rings is 1. The van der Waals surface area contributed by atoms with Gasteiger partial charge >= 0.3 is 6.09 Å². The van der Waals surface area contributed by atoms with Gasteiger partial charge in [-0.1, -0.05) is 6.07 Å². The fourth-order valence-corrected chi connectivity index (χ4v) is 4.28. The number of hydrogen-bond acceptors (Lipinski definition) is 6. The minimum Gasteiger partial charge on any atom is -0.490 e. The van der Waals surface area contributed by atoms with E-state index in [4.69, 9.17) is 18.9 Å². The Bertz CT molecular complexity index is 729. The first kappa shape index (κ1) is 19.3. The van der Waals surface area contributed by atoms with Gasteiger partial charge in [0.1, 0.15) is 5.60 Å². The summed E-state index contributed by atoms with van der Waals surface area (Å²) in [6.45, 7) is 7.58. The maximum absolute atomic E-state index is 12.7. The summed E-state index contributed by atoms with van der Waals surface area (Å²) in [6, 6.07) is 5.17. The van der Waals surface area contributed by atoms with Crippen LogP contribution in [0.4, 0.5) is 4.79 Å². The summed E-state index contributed by atoms with van der Waals surface area (Å²) in [5, 5.41) is 11.5. The predicted octanol–water partition coefficient (Wildman–Crippen LogP) is 2.83. The molecule has 4 rings (SSSR count). The molecule has 2 unspecified atom stereocenters. The van der Waals surface area contributed by atoms with Crippen LogP contribution in [0.3, 0.4) is 0 Å².